The van der Waals surface area contributed by atoms with Crippen molar-refractivity contribution in [1.82, 2.24) is 27.4 Å². The maximum absolute atomic E-state index is 6.59. The van der Waals surface area contributed by atoms with Crippen LogP contribution in [0.3, 0.4) is 0 Å². The van der Waals surface area contributed by atoms with E-state index in [9.17, 15) is 0 Å². The van der Waals surface area contributed by atoms with Crippen molar-refractivity contribution in [3.05, 3.63) is 319 Å². The number of furan rings is 3. The molecule has 0 bridgehead atoms. The summed E-state index contributed by atoms with van der Waals surface area (Å²) in [6.45, 7) is 12.0. The lowest BCUT2D eigenvalue weighted by molar-refractivity contribution is 0.666. The minimum absolute atomic E-state index is 0.0754. The van der Waals surface area contributed by atoms with Gasteiger partial charge >= 0.3 is 0 Å². The van der Waals surface area contributed by atoms with Gasteiger partial charge < -0.3 is 40.7 Å². The second-order valence-electron chi connectivity index (χ2n) is 35.7. The number of nitrogens with zero attached hydrogens (tertiary/aromatic N) is 6. The lowest BCUT2D eigenvalue weighted by Crippen LogP contribution is -2.59. The summed E-state index contributed by atoms with van der Waals surface area (Å²) in [5.74, 6) is 0. The fraction of sp³-hybridized carbons (Fsp3) is 0.0556. The highest BCUT2D eigenvalue weighted by molar-refractivity contribution is 7.27. The summed E-state index contributed by atoms with van der Waals surface area (Å²) >= 11 is 3.87. The molecule has 0 saturated carbocycles. The molecule has 564 valence electrons. The molecule has 0 saturated heterocycles. The molecular weight excluding hydrogens is 1530 g/mol. The van der Waals surface area contributed by atoms with E-state index in [4.69, 9.17) is 13.3 Å². The van der Waals surface area contributed by atoms with Crippen LogP contribution >= 0.6 is 22.7 Å². The van der Waals surface area contributed by atoms with Gasteiger partial charge in [-0.15, -0.1) is 22.7 Å². The number of benzene rings is 15. The molecule has 7 aliphatic rings. The van der Waals surface area contributed by atoms with E-state index in [-0.39, 0.29) is 25.6 Å². The Hall–Kier alpha value is -14.4. The van der Waals surface area contributed by atoms with Gasteiger partial charge in [-0.2, -0.15) is 0 Å². The van der Waals surface area contributed by atoms with Gasteiger partial charge in [0.15, 0.2) is 16.7 Å². The van der Waals surface area contributed by atoms with Gasteiger partial charge in [-0.25, -0.2) is 0 Å². The van der Waals surface area contributed by atoms with Crippen LogP contribution in [-0.4, -0.2) is 47.5 Å². The maximum atomic E-state index is 6.59. The van der Waals surface area contributed by atoms with E-state index >= 15 is 0 Å². The molecule has 0 fully saturated rings. The van der Waals surface area contributed by atoms with Crippen molar-refractivity contribution < 1.29 is 13.3 Å². The van der Waals surface area contributed by atoms with Crippen LogP contribution in [0.4, 0.5) is 0 Å². The Balaban J connectivity index is 0.0000000888. The molecule has 33 rings (SSSR count). The third kappa shape index (κ3) is 7.38. The number of hydrogen-bond donors (Lipinski definition) is 0. The fourth-order valence-electron chi connectivity index (χ4n) is 24.9. The molecule has 0 spiro atoms. The first-order chi connectivity index (χ1) is 60.1. The molecule has 14 heteroatoms. The van der Waals surface area contributed by atoms with Gasteiger partial charge in [0.25, 0.3) is 20.1 Å². The van der Waals surface area contributed by atoms with E-state index in [1.807, 2.05) is 34.8 Å². The Bertz CT molecular complexity index is 8840. The zero-order valence-electron chi connectivity index (χ0n) is 66.7. The van der Waals surface area contributed by atoms with Crippen molar-refractivity contribution in [2.24, 2.45) is 0 Å². The van der Waals surface area contributed by atoms with Gasteiger partial charge in [-0.1, -0.05) is 202 Å². The average Bonchev–Trinajstić information content (AvgIpc) is 1.11. The number of para-hydroxylation sites is 9. The van der Waals surface area contributed by atoms with Gasteiger partial charge in [-0.05, 0) is 201 Å². The molecule has 17 heterocycles. The summed E-state index contributed by atoms with van der Waals surface area (Å²) in [5, 5.41) is 13.8. The number of aromatic nitrogens is 6. The topological polar surface area (TPSA) is 69.0 Å². The van der Waals surface area contributed by atoms with Crippen LogP contribution in [0.25, 0.3) is 218 Å². The normalized spacial score (nSPS) is 14.1. The molecule has 15 aromatic carbocycles. The smallest absolute Gasteiger partial charge is 0.252 e. The van der Waals surface area contributed by atoms with Crippen molar-refractivity contribution in [3.63, 3.8) is 0 Å². The van der Waals surface area contributed by atoms with Gasteiger partial charge in [-0.3, -0.25) is 0 Å². The Morgan fingerprint density at radius 2 is 0.549 bits per heavy atom. The van der Waals surface area contributed by atoms with Crippen LogP contribution in [0.2, 0.25) is 0 Å². The standard InChI is InChI=1S/C38H25BN2O.C35H19BN2O2.C35H19BN2S2/c1-20-18-28-32-29(19-20)41-34-24(37-36(41)22-11-5-7-17-30(22)42-37)13-9-16-27(34)39(32)26-15-8-12-23-31-35(40(28)33(23)26)21-10-4-6-14-25(21)38(31,2)3;2*1-18-16-25-29-26(17-18)38-31-22(35-33(38)20-9-3-5-15-28(20)40-35)11-7-13-24(31)36(29)23-12-6-10-21-30(23)37(25)32-19-8-2-4-14-27(19)39-34(21)32/h4-19H,1-3H3;2*2-17H,1H3. The molecule has 0 atom stereocenters. The van der Waals surface area contributed by atoms with Crippen molar-refractivity contribution >= 4 is 264 Å². The van der Waals surface area contributed by atoms with E-state index in [0.717, 1.165) is 55.3 Å². The summed E-state index contributed by atoms with van der Waals surface area (Å²) in [4.78, 5) is 0. The number of thiophene rings is 2. The van der Waals surface area contributed by atoms with Crippen LogP contribution in [0, 0.1) is 20.8 Å². The highest BCUT2D eigenvalue weighted by atomic mass is 32.1. The zero-order valence-corrected chi connectivity index (χ0v) is 68.3. The third-order valence-corrected chi connectivity index (χ3v) is 31.5. The Morgan fingerprint density at radius 1 is 0.262 bits per heavy atom. The summed E-state index contributed by atoms with van der Waals surface area (Å²) < 4.78 is 40.5. The zero-order chi connectivity index (χ0) is 79.3. The lowest BCUT2D eigenvalue weighted by atomic mass is 9.34. The van der Waals surface area contributed by atoms with Crippen molar-refractivity contribution in [2.45, 2.75) is 40.0 Å². The lowest BCUT2D eigenvalue weighted by Gasteiger charge is -2.34. The monoisotopic (exact) mass is 1590 g/mol. The van der Waals surface area contributed by atoms with E-state index in [0.29, 0.717) is 0 Å². The Morgan fingerprint density at radius 3 is 0.934 bits per heavy atom. The highest BCUT2D eigenvalue weighted by Gasteiger charge is 2.49. The molecular formula is C108H63B3N6O3S2. The second kappa shape index (κ2) is 21.8. The first-order valence-electron chi connectivity index (χ1n) is 42.6. The molecule has 0 amide bonds. The Labute approximate surface area is 704 Å². The van der Waals surface area contributed by atoms with Gasteiger partial charge in [0.1, 0.15) is 33.3 Å². The largest absolute Gasteiger partial charge is 0.454 e. The number of fused-ring (bicyclic) bond motifs is 42. The van der Waals surface area contributed by atoms with Crippen LogP contribution < -0.4 is 49.2 Å². The molecule has 0 unspecified atom stereocenters. The molecule has 122 heavy (non-hydrogen) atoms. The predicted octanol–water partition coefficient (Wildman–Crippen LogP) is 21.8. The minimum atomic E-state index is -0.0754. The maximum Gasteiger partial charge on any atom is 0.252 e. The molecule has 1 aliphatic carbocycles. The fourth-order valence-corrected chi connectivity index (χ4v) is 27.3. The molecule has 0 radical (unpaired) electrons. The first-order valence-corrected chi connectivity index (χ1v) is 44.2. The second-order valence-corrected chi connectivity index (χ2v) is 37.8. The van der Waals surface area contributed by atoms with Gasteiger partial charge in [0.2, 0.25) is 0 Å². The number of rotatable bonds is 0. The number of aryl methyl sites for hydroxylation is 3. The van der Waals surface area contributed by atoms with Gasteiger partial charge in [0, 0.05) is 119 Å². The minimum Gasteiger partial charge on any atom is -0.454 e. The average molecular weight is 1590 g/mol. The van der Waals surface area contributed by atoms with E-state index < -0.39 is 0 Å². The summed E-state index contributed by atoms with van der Waals surface area (Å²) in [6, 6.07) is 108. The van der Waals surface area contributed by atoms with Gasteiger partial charge in [0.05, 0.1) is 53.7 Å². The van der Waals surface area contributed by atoms with Crippen LogP contribution in [-0.2, 0) is 5.41 Å². The quantitative estimate of drug-likeness (QED) is 0.142. The van der Waals surface area contributed by atoms with Crippen LogP contribution in [0.5, 0.6) is 0 Å². The number of hydrogen-bond acceptors (Lipinski definition) is 5. The van der Waals surface area contributed by atoms with Crippen molar-refractivity contribution in [2.75, 3.05) is 0 Å². The highest BCUT2D eigenvalue weighted by Crippen LogP contribution is 2.56. The predicted molar refractivity (Wildman–Crippen MR) is 514 cm³/mol. The summed E-state index contributed by atoms with van der Waals surface area (Å²) in [5.41, 5.74) is 49.3. The van der Waals surface area contributed by atoms with Crippen LogP contribution in [0.15, 0.2) is 304 Å². The summed E-state index contributed by atoms with van der Waals surface area (Å²) in [7, 11) is 0. The molecule has 11 aromatic heterocycles. The first kappa shape index (κ1) is 64.6. The SMILES string of the molecule is Cc1cc2c3c(c1)-n1c4c(cccc4c4oc5ccccc5c41)B3c1cccc3c4c(n-2c13)-c1ccccc1C4(C)C.Cc1cc2c3c(c1)-n1c4c(cccc4c4oc5ccccc5c41)B3c1cccc3c4oc5ccccc5c4n-2c13.Cc1cc2c3c(c1)-n1c4c(cccc4c4sc5ccccc5c41)B3c1cccc3c4sc5ccccc5c4n-2c13. The van der Waals surface area contributed by atoms with E-state index in [1.54, 1.807) is 0 Å². The van der Waals surface area contributed by atoms with Crippen molar-refractivity contribution in [1.29, 1.82) is 0 Å². The molecule has 6 aliphatic heterocycles. The van der Waals surface area contributed by atoms with E-state index in [1.165, 1.54) is 239 Å². The Kier molecular flexibility index (Phi) is 11.5. The summed E-state index contributed by atoms with van der Waals surface area (Å²) in [6.07, 6.45) is 0. The van der Waals surface area contributed by atoms with Crippen LogP contribution in [0.1, 0.15) is 41.7 Å². The third-order valence-electron chi connectivity index (χ3n) is 29.2. The van der Waals surface area contributed by atoms with E-state index in [2.05, 4.69) is 341 Å². The molecule has 9 nitrogen and oxygen atoms in total. The van der Waals surface area contributed by atoms with Crippen molar-refractivity contribution in [3.8, 4) is 45.4 Å². The molecule has 0 N–H and O–H groups in total. The molecule has 26 aromatic rings.